The summed E-state index contributed by atoms with van der Waals surface area (Å²) in [6, 6.07) is 15.3. The van der Waals surface area contributed by atoms with E-state index in [0.717, 1.165) is 27.8 Å². The lowest BCUT2D eigenvalue weighted by Gasteiger charge is -2.10. The van der Waals surface area contributed by atoms with Crippen molar-refractivity contribution in [3.05, 3.63) is 48.5 Å². The van der Waals surface area contributed by atoms with Crippen LogP contribution in [0.3, 0.4) is 0 Å². The minimum Gasteiger partial charge on any atom is -0.497 e. The van der Waals surface area contributed by atoms with Gasteiger partial charge in [0.25, 0.3) is 0 Å². The summed E-state index contributed by atoms with van der Waals surface area (Å²) in [7, 11) is 1.63. The number of thioether (sulfide) groups is 1. The Labute approximate surface area is 147 Å². The van der Waals surface area contributed by atoms with E-state index in [2.05, 4.69) is 12.2 Å². The van der Waals surface area contributed by atoms with Gasteiger partial charge in [-0.15, -0.1) is 11.8 Å². The first-order valence-electron chi connectivity index (χ1n) is 8.01. The minimum atomic E-state index is 0.0116. The number of methoxy groups -OCH3 is 1. The average molecular weight is 345 g/mol. The number of benzene rings is 2. The molecular formula is C19H23NO3S. The molecule has 0 fully saturated rings. The SMILES string of the molecule is CCSc1ccccc1NC(=O)CCCOc1ccc(OC)cc1. The molecule has 2 rings (SSSR count). The summed E-state index contributed by atoms with van der Waals surface area (Å²) in [5, 5.41) is 2.98. The van der Waals surface area contributed by atoms with Crippen molar-refractivity contribution in [3.8, 4) is 11.5 Å². The van der Waals surface area contributed by atoms with Crippen molar-refractivity contribution < 1.29 is 14.3 Å². The van der Waals surface area contributed by atoms with Gasteiger partial charge in [0, 0.05) is 11.3 Å². The van der Waals surface area contributed by atoms with Gasteiger partial charge in [0.15, 0.2) is 0 Å². The van der Waals surface area contributed by atoms with Crippen LogP contribution in [-0.2, 0) is 4.79 Å². The number of ether oxygens (including phenoxy) is 2. The molecule has 0 saturated heterocycles. The lowest BCUT2D eigenvalue weighted by Crippen LogP contribution is -2.13. The second-order valence-electron chi connectivity index (χ2n) is 5.10. The number of hydrogen-bond donors (Lipinski definition) is 1. The monoisotopic (exact) mass is 345 g/mol. The van der Waals surface area contributed by atoms with Gasteiger partial charge in [0.05, 0.1) is 19.4 Å². The molecule has 0 aliphatic carbocycles. The molecule has 0 spiro atoms. The number of rotatable bonds is 9. The summed E-state index contributed by atoms with van der Waals surface area (Å²) < 4.78 is 10.7. The van der Waals surface area contributed by atoms with Gasteiger partial charge in [-0.05, 0) is 48.6 Å². The van der Waals surface area contributed by atoms with Crippen molar-refractivity contribution in [1.82, 2.24) is 0 Å². The number of anilines is 1. The van der Waals surface area contributed by atoms with Crippen LogP contribution in [0, 0.1) is 0 Å². The zero-order chi connectivity index (χ0) is 17.2. The van der Waals surface area contributed by atoms with Crippen LogP contribution in [0.25, 0.3) is 0 Å². The normalized spacial score (nSPS) is 10.2. The summed E-state index contributed by atoms with van der Waals surface area (Å²) in [6.45, 7) is 2.60. The van der Waals surface area contributed by atoms with E-state index >= 15 is 0 Å². The minimum absolute atomic E-state index is 0.0116. The molecule has 0 heterocycles. The molecule has 5 heteroatoms. The highest BCUT2D eigenvalue weighted by Crippen LogP contribution is 2.26. The van der Waals surface area contributed by atoms with Crippen molar-refractivity contribution in [3.63, 3.8) is 0 Å². The van der Waals surface area contributed by atoms with Gasteiger partial charge < -0.3 is 14.8 Å². The molecule has 0 radical (unpaired) electrons. The molecule has 1 N–H and O–H groups in total. The van der Waals surface area contributed by atoms with Gasteiger partial charge >= 0.3 is 0 Å². The zero-order valence-corrected chi connectivity index (χ0v) is 14.9. The molecule has 1 amide bonds. The molecule has 0 unspecified atom stereocenters. The average Bonchev–Trinajstić information content (AvgIpc) is 2.61. The molecule has 2 aromatic rings. The number of hydrogen-bond acceptors (Lipinski definition) is 4. The van der Waals surface area contributed by atoms with E-state index in [1.807, 2.05) is 48.5 Å². The first-order chi connectivity index (χ1) is 11.7. The maximum atomic E-state index is 12.1. The third-order valence-electron chi connectivity index (χ3n) is 3.34. The summed E-state index contributed by atoms with van der Waals surface area (Å²) in [4.78, 5) is 13.2. The largest absolute Gasteiger partial charge is 0.497 e. The van der Waals surface area contributed by atoms with E-state index in [1.54, 1.807) is 18.9 Å². The Hall–Kier alpha value is -2.14. The molecule has 0 aromatic heterocycles. The Morgan fingerprint density at radius 2 is 1.79 bits per heavy atom. The van der Waals surface area contributed by atoms with Gasteiger partial charge in [-0.25, -0.2) is 0 Å². The number of carbonyl (C=O) groups is 1. The smallest absolute Gasteiger partial charge is 0.224 e. The highest BCUT2D eigenvalue weighted by atomic mass is 32.2. The number of para-hydroxylation sites is 1. The Morgan fingerprint density at radius 1 is 1.08 bits per heavy atom. The quantitative estimate of drug-likeness (QED) is 0.533. The molecule has 0 atom stereocenters. The molecule has 2 aromatic carbocycles. The van der Waals surface area contributed by atoms with E-state index < -0.39 is 0 Å². The number of amides is 1. The van der Waals surface area contributed by atoms with Gasteiger partial charge in [0.1, 0.15) is 11.5 Å². The van der Waals surface area contributed by atoms with Crippen molar-refractivity contribution in [2.24, 2.45) is 0 Å². The van der Waals surface area contributed by atoms with Crippen LogP contribution in [0.4, 0.5) is 5.69 Å². The highest BCUT2D eigenvalue weighted by Gasteiger charge is 2.06. The molecule has 0 bridgehead atoms. The van der Waals surface area contributed by atoms with Crippen LogP contribution in [0.1, 0.15) is 19.8 Å². The van der Waals surface area contributed by atoms with E-state index in [4.69, 9.17) is 9.47 Å². The molecule has 4 nitrogen and oxygen atoms in total. The summed E-state index contributed by atoms with van der Waals surface area (Å²) >= 11 is 1.72. The van der Waals surface area contributed by atoms with Crippen LogP contribution < -0.4 is 14.8 Å². The molecule has 0 aliphatic rings. The molecule has 24 heavy (non-hydrogen) atoms. The summed E-state index contributed by atoms with van der Waals surface area (Å²) in [5.74, 6) is 2.56. The van der Waals surface area contributed by atoms with Crippen LogP contribution in [0.2, 0.25) is 0 Å². The Kier molecular flexibility index (Phi) is 7.49. The van der Waals surface area contributed by atoms with Crippen molar-refractivity contribution in [1.29, 1.82) is 0 Å². The van der Waals surface area contributed by atoms with Crippen molar-refractivity contribution in [2.45, 2.75) is 24.7 Å². The molecular weight excluding hydrogens is 322 g/mol. The Morgan fingerprint density at radius 3 is 2.50 bits per heavy atom. The van der Waals surface area contributed by atoms with Crippen LogP contribution in [0.15, 0.2) is 53.4 Å². The van der Waals surface area contributed by atoms with Gasteiger partial charge in [-0.3, -0.25) is 4.79 Å². The zero-order valence-electron chi connectivity index (χ0n) is 14.1. The maximum Gasteiger partial charge on any atom is 0.224 e. The Bertz CT molecular complexity index is 643. The third kappa shape index (κ3) is 5.81. The predicted molar refractivity (Wildman–Crippen MR) is 99.2 cm³/mol. The molecule has 128 valence electrons. The lowest BCUT2D eigenvalue weighted by molar-refractivity contribution is -0.116. The summed E-state index contributed by atoms with van der Waals surface area (Å²) in [6.07, 6.45) is 1.10. The van der Waals surface area contributed by atoms with Gasteiger partial charge in [-0.2, -0.15) is 0 Å². The van der Waals surface area contributed by atoms with Crippen LogP contribution in [-0.4, -0.2) is 25.4 Å². The van der Waals surface area contributed by atoms with Crippen molar-refractivity contribution >= 4 is 23.4 Å². The maximum absolute atomic E-state index is 12.1. The number of nitrogens with one attached hydrogen (secondary N) is 1. The van der Waals surface area contributed by atoms with E-state index in [0.29, 0.717) is 19.4 Å². The second kappa shape index (κ2) is 9.88. The van der Waals surface area contributed by atoms with Gasteiger partial charge in [-0.1, -0.05) is 19.1 Å². The topological polar surface area (TPSA) is 47.6 Å². The highest BCUT2D eigenvalue weighted by molar-refractivity contribution is 7.99. The predicted octanol–water partition coefficient (Wildman–Crippen LogP) is 4.60. The van der Waals surface area contributed by atoms with E-state index in [-0.39, 0.29) is 5.91 Å². The van der Waals surface area contributed by atoms with Crippen molar-refractivity contribution in [2.75, 3.05) is 24.8 Å². The summed E-state index contributed by atoms with van der Waals surface area (Å²) in [5.41, 5.74) is 0.880. The standard InChI is InChI=1S/C19H23NO3S/c1-3-24-18-8-5-4-7-17(18)20-19(21)9-6-14-23-16-12-10-15(22-2)11-13-16/h4-5,7-8,10-13H,3,6,9,14H2,1-2H3,(H,20,21). The first kappa shape index (κ1) is 18.2. The first-order valence-corrected chi connectivity index (χ1v) is 9.00. The second-order valence-corrected chi connectivity index (χ2v) is 6.41. The Balaban J connectivity index is 1.73. The third-order valence-corrected chi connectivity index (χ3v) is 4.29. The van der Waals surface area contributed by atoms with E-state index in [1.165, 1.54) is 0 Å². The van der Waals surface area contributed by atoms with Gasteiger partial charge in [0.2, 0.25) is 5.91 Å². The fourth-order valence-electron chi connectivity index (χ4n) is 2.16. The fourth-order valence-corrected chi connectivity index (χ4v) is 2.92. The lowest BCUT2D eigenvalue weighted by atomic mass is 10.2. The molecule has 0 aliphatic heterocycles. The number of carbonyl (C=O) groups excluding carboxylic acids is 1. The fraction of sp³-hybridized carbons (Fsp3) is 0.316. The van der Waals surface area contributed by atoms with Crippen LogP contribution in [0.5, 0.6) is 11.5 Å². The van der Waals surface area contributed by atoms with Crippen LogP contribution >= 0.6 is 11.8 Å². The van der Waals surface area contributed by atoms with E-state index in [9.17, 15) is 4.79 Å². The molecule has 0 saturated carbocycles.